The standard InChI is InChI=1S/C9H25N3O6SSi/c1-2-7-12(8-3-6-11-19(13,14)15)10-5-4-9-20(16,17)18/h10-11,16-18H,2-9H2,1H3,(H,13,14,15). The molecule has 0 heterocycles. The lowest BCUT2D eigenvalue weighted by Crippen LogP contribution is -2.42. The summed E-state index contributed by atoms with van der Waals surface area (Å²) < 4.78 is 31.4. The molecule has 0 fully saturated rings. The fourth-order valence-corrected chi connectivity index (χ4v) is 2.63. The highest BCUT2D eigenvalue weighted by atomic mass is 32.2. The van der Waals surface area contributed by atoms with Crippen molar-refractivity contribution >= 4 is 19.1 Å². The van der Waals surface area contributed by atoms with E-state index >= 15 is 0 Å². The zero-order valence-corrected chi connectivity index (χ0v) is 13.4. The van der Waals surface area contributed by atoms with Crippen molar-refractivity contribution in [1.82, 2.24) is 15.2 Å². The Labute approximate surface area is 120 Å². The summed E-state index contributed by atoms with van der Waals surface area (Å²) in [6.07, 6.45) is 1.85. The van der Waals surface area contributed by atoms with Gasteiger partial charge in [-0.2, -0.15) is 13.1 Å². The van der Waals surface area contributed by atoms with Crippen LogP contribution in [0.15, 0.2) is 0 Å². The van der Waals surface area contributed by atoms with Gasteiger partial charge < -0.3 is 14.4 Å². The summed E-state index contributed by atoms with van der Waals surface area (Å²) in [4.78, 5) is 26.6. The van der Waals surface area contributed by atoms with E-state index in [0.717, 1.165) is 13.0 Å². The molecule has 0 aliphatic rings. The first-order valence-corrected chi connectivity index (χ1v) is 10.0. The normalized spacial score (nSPS) is 13.1. The van der Waals surface area contributed by atoms with Gasteiger partial charge in [-0.15, -0.1) is 0 Å². The van der Waals surface area contributed by atoms with Crippen molar-refractivity contribution in [2.45, 2.75) is 32.2 Å². The van der Waals surface area contributed by atoms with Crippen LogP contribution in [0.4, 0.5) is 0 Å². The largest absolute Gasteiger partial charge is 0.492 e. The predicted molar refractivity (Wildman–Crippen MR) is 75.9 cm³/mol. The third kappa shape index (κ3) is 14.3. The second-order valence-corrected chi connectivity index (χ2v) is 7.78. The van der Waals surface area contributed by atoms with E-state index in [2.05, 4.69) is 5.43 Å². The van der Waals surface area contributed by atoms with Gasteiger partial charge in [0.25, 0.3) is 0 Å². The molecule has 0 saturated carbocycles. The van der Waals surface area contributed by atoms with Gasteiger partial charge in [0.05, 0.1) is 0 Å². The first-order valence-electron chi connectivity index (χ1n) is 6.51. The minimum absolute atomic E-state index is 0.0235. The topological polar surface area (TPSA) is 142 Å². The molecule has 0 spiro atoms. The zero-order chi connectivity index (χ0) is 15.6. The van der Waals surface area contributed by atoms with E-state index in [1.165, 1.54) is 0 Å². The maximum absolute atomic E-state index is 10.5. The molecule has 0 rings (SSSR count). The number of rotatable bonds is 12. The van der Waals surface area contributed by atoms with Crippen LogP contribution >= 0.6 is 0 Å². The second kappa shape index (κ2) is 9.76. The lowest BCUT2D eigenvalue weighted by Gasteiger charge is -2.23. The molecule has 122 valence electrons. The van der Waals surface area contributed by atoms with E-state index in [1.54, 1.807) is 0 Å². The minimum Gasteiger partial charge on any atom is -0.390 e. The van der Waals surface area contributed by atoms with Crippen LogP contribution in [-0.4, -0.2) is 67.3 Å². The summed E-state index contributed by atoms with van der Waals surface area (Å²) >= 11 is 0. The molecular weight excluding hydrogens is 306 g/mol. The monoisotopic (exact) mass is 331 g/mol. The summed E-state index contributed by atoms with van der Waals surface area (Å²) in [5.74, 6) is 0. The smallest absolute Gasteiger partial charge is 0.390 e. The summed E-state index contributed by atoms with van der Waals surface area (Å²) in [5, 5.41) is 1.89. The molecule has 0 amide bonds. The summed E-state index contributed by atoms with van der Waals surface area (Å²) in [5.41, 5.74) is 3.07. The Hall–Kier alpha value is -0.113. The molecule has 0 unspecified atom stereocenters. The van der Waals surface area contributed by atoms with Crippen molar-refractivity contribution in [2.24, 2.45) is 0 Å². The van der Waals surface area contributed by atoms with Crippen LogP contribution in [-0.2, 0) is 10.3 Å². The molecule has 0 aromatic rings. The van der Waals surface area contributed by atoms with Crippen molar-refractivity contribution in [3.63, 3.8) is 0 Å². The Bertz CT molecular complexity index is 348. The number of nitrogens with one attached hydrogen (secondary N) is 2. The Kier molecular flexibility index (Phi) is 9.70. The quantitative estimate of drug-likeness (QED) is 0.107. The molecule has 0 radical (unpaired) electrons. The fraction of sp³-hybridized carbons (Fsp3) is 1.00. The van der Waals surface area contributed by atoms with Crippen molar-refractivity contribution in [3.8, 4) is 0 Å². The van der Waals surface area contributed by atoms with Gasteiger partial charge in [-0.05, 0) is 19.3 Å². The van der Waals surface area contributed by atoms with E-state index in [1.807, 2.05) is 16.7 Å². The molecule has 20 heavy (non-hydrogen) atoms. The first kappa shape index (κ1) is 19.9. The van der Waals surface area contributed by atoms with Crippen molar-refractivity contribution in [1.29, 1.82) is 0 Å². The number of hydrazine groups is 1. The van der Waals surface area contributed by atoms with Gasteiger partial charge in [0.1, 0.15) is 0 Å². The summed E-state index contributed by atoms with van der Waals surface area (Å²) in [6, 6.07) is -0.0235. The maximum atomic E-state index is 10.5. The number of nitrogens with zero attached hydrogens (tertiary/aromatic N) is 1. The van der Waals surface area contributed by atoms with E-state index < -0.39 is 19.1 Å². The van der Waals surface area contributed by atoms with Gasteiger partial charge in [-0.1, -0.05) is 6.92 Å². The van der Waals surface area contributed by atoms with Crippen LogP contribution in [0.1, 0.15) is 26.2 Å². The van der Waals surface area contributed by atoms with E-state index in [0.29, 0.717) is 25.9 Å². The zero-order valence-electron chi connectivity index (χ0n) is 11.6. The maximum Gasteiger partial charge on any atom is 0.492 e. The van der Waals surface area contributed by atoms with Crippen LogP contribution in [0.3, 0.4) is 0 Å². The van der Waals surface area contributed by atoms with Crippen LogP contribution in [0.25, 0.3) is 0 Å². The lowest BCUT2D eigenvalue weighted by atomic mass is 10.4. The first-order chi connectivity index (χ1) is 9.14. The van der Waals surface area contributed by atoms with Gasteiger partial charge in [-0.3, -0.25) is 9.98 Å². The third-order valence-electron chi connectivity index (χ3n) is 2.41. The molecule has 6 N–H and O–H groups in total. The lowest BCUT2D eigenvalue weighted by molar-refractivity contribution is 0.181. The van der Waals surface area contributed by atoms with E-state index in [4.69, 9.17) is 18.9 Å². The van der Waals surface area contributed by atoms with Crippen LogP contribution in [0.2, 0.25) is 6.04 Å². The van der Waals surface area contributed by atoms with Gasteiger partial charge >= 0.3 is 19.1 Å². The third-order valence-corrected chi connectivity index (χ3v) is 4.00. The Morgan fingerprint density at radius 2 is 1.75 bits per heavy atom. The molecule has 0 aliphatic heterocycles. The predicted octanol–water partition coefficient (Wildman–Crippen LogP) is -1.71. The molecule has 0 bridgehead atoms. The van der Waals surface area contributed by atoms with Gasteiger partial charge in [0.15, 0.2) is 0 Å². The molecule has 0 saturated heterocycles. The molecule has 9 nitrogen and oxygen atoms in total. The number of hydrogen-bond acceptors (Lipinski definition) is 7. The van der Waals surface area contributed by atoms with E-state index in [9.17, 15) is 8.42 Å². The van der Waals surface area contributed by atoms with Gasteiger partial charge in [-0.25, -0.2) is 5.01 Å². The minimum atomic E-state index is -4.14. The van der Waals surface area contributed by atoms with Crippen molar-refractivity contribution < 1.29 is 27.4 Å². The molecule has 0 aliphatic carbocycles. The molecular formula is C9H25N3O6SSi. The Balaban J connectivity index is 3.81. The number of hydrogen-bond donors (Lipinski definition) is 6. The van der Waals surface area contributed by atoms with Crippen LogP contribution < -0.4 is 10.1 Å². The molecule has 0 aromatic heterocycles. The molecule has 11 heteroatoms. The molecule has 0 atom stereocenters. The van der Waals surface area contributed by atoms with Crippen molar-refractivity contribution in [2.75, 3.05) is 26.2 Å². The molecule has 0 aromatic carbocycles. The highest BCUT2D eigenvalue weighted by Crippen LogP contribution is 2.00. The average molecular weight is 331 g/mol. The van der Waals surface area contributed by atoms with Crippen LogP contribution in [0, 0.1) is 0 Å². The van der Waals surface area contributed by atoms with Gasteiger partial charge in [0.2, 0.25) is 0 Å². The second-order valence-electron chi connectivity index (χ2n) is 4.50. The van der Waals surface area contributed by atoms with Crippen LogP contribution in [0.5, 0.6) is 0 Å². The Morgan fingerprint density at radius 1 is 1.10 bits per heavy atom. The van der Waals surface area contributed by atoms with Crippen molar-refractivity contribution in [3.05, 3.63) is 0 Å². The average Bonchev–Trinajstić information content (AvgIpc) is 2.27. The highest BCUT2D eigenvalue weighted by Gasteiger charge is 2.25. The fourth-order valence-electron chi connectivity index (χ4n) is 1.57. The SMILES string of the molecule is CCCN(CCCNS(=O)(=O)O)NCCC[Si](O)(O)O. The Morgan fingerprint density at radius 3 is 2.25 bits per heavy atom. The summed E-state index contributed by atoms with van der Waals surface area (Å²) in [6.45, 7) is 3.96. The van der Waals surface area contributed by atoms with Gasteiger partial charge in [0, 0.05) is 32.2 Å². The van der Waals surface area contributed by atoms with E-state index in [-0.39, 0.29) is 12.6 Å². The highest BCUT2D eigenvalue weighted by molar-refractivity contribution is 7.83. The summed E-state index contributed by atoms with van der Waals surface area (Å²) in [7, 11) is -8.10.